The van der Waals surface area contributed by atoms with Gasteiger partial charge in [-0.2, -0.15) is 0 Å². The van der Waals surface area contributed by atoms with Gasteiger partial charge in [0.05, 0.1) is 6.10 Å². The molecule has 1 N–H and O–H groups in total. The average Bonchev–Trinajstić information content (AvgIpc) is 2.63. The predicted octanol–water partition coefficient (Wildman–Crippen LogP) is 2.47. The van der Waals surface area contributed by atoms with Crippen molar-refractivity contribution >= 4 is 10.8 Å². The zero-order chi connectivity index (χ0) is 17.2. The molecule has 1 aromatic carbocycles. The van der Waals surface area contributed by atoms with Gasteiger partial charge < -0.3 is 14.6 Å². The lowest BCUT2D eigenvalue weighted by Crippen LogP contribution is -2.50. The van der Waals surface area contributed by atoms with Crippen molar-refractivity contribution in [1.82, 2.24) is 14.8 Å². The first kappa shape index (κ1) is 16.6. The van der Waals surface area contributed by atoms with Crippen molar-refractivity contribution in [3.05, 3.63) is 40.8 Å². The second-order valence-electron chi connectivity index (χ2n) is 7.44. The van der Waals surface area contributed by atoms with Crippen LogP contribution in [0.4, 0.5) is 0 Å². The Kier molecular flexibility index (Phi) is 4.77. The molecule has 2 heterocycles. The summed E-state index contributed by atoms with van der Waals surface area (Å²) in [6.07, 6.45) is 6.66. The fourth-order valence-electron chi connectivity index (χ4n) is 4.15. The lowest BCUT2D eigenvalue weighted by molar-refractivity contribution is 0.0585. The highest BCUT2D eigenvalue weighted by molar-refractivity contribution is 5.82. The minimum Gasteiger partial charge on any atom is -0.490 e. The maximum absolute atomic E-state index is 11.8. The summed E-state index contributed by atoms with van der Waals surface area (Å²) in [6, 6.07) is 8.41. The fraction of sp³-hybridized carbons (Fsp3) is 0.550. The van der Waals surface area contributed by atoms with E-state index in [9.17, 15) is 4.79 Å². The molecule has 134 valence electrons. The molecule has 0 radical (unpaired) electrons. The maximum atomic E-state index is 11.8. The number of ether oxygens (including phenoxy) is 1. The van der Waals surface area contributed by atoms with Gasteiger partial charge in [-0.3, -0.25) is 9.69 Å². The molecular weight excluding hydrogens is 314 g/mol. The van der Waals surface area contributed by atoms with Crippen molar-refractivity contribution in [2.45, 2.75) is 37.8 Å². The van der Waals surface area contributed by atoms with Gasteiger partial charge in [0.15, 0.2) is 0 Å². The molecule has 2 aliphatic rings. The van der Waals surface area contributed by atoms with Crippen LogP contribution < -0.4 is 10.3 Å². The van der Waals surface area contributed by atoms with E-state index in [1.807, 2.05) is 24.3 Å². The highest BCUT2D eigenvalue weighted by Gasteiger charge is 2.28. The number of fused-ring (bicyclic) bond motifs is 1. The van der Waals surface area contributed by atoms with E-state index in [1.54, 1.807) is 6.20 Å². The van der Waals surface area contributed by atoms with Crippen LogP contribution in [-0.4, -0.2) is 60.2 Å². The number of H-pyrrole nitrogens is 1. The van der Waals surface area contributed by atoms with Crippen molar-refractivity contribution < 1.29 is 4.74 Å². The molecule has 1 aliphatic carbocycles. The van der Waals surface area contributed by atoms with Crippen LogP contribution in [0.2, 0.25) is 0 Å². The molecule has 1 aromatic heterocycles. The minimum atomic E-state index is -0.0447. The van der Waals surface area contributed by atoms with Crippen LogP contribution in [0.15, 0.2) is 35.3 Å². The zero-order valence-corrected chi connectivity index (χ0v) is 14.9. The van der Waals surface area contributed by atoms with Gasteiger partial charge >= 0.3 is 0 Å². The van der Waals surface area contributed by atoms with Crippen molar-refractivity contribution in [2.24, 2.45) is 0 Å². The summed E-state index contributed by atoms with van der Waals surface area (Å²) >= 11 is 0. The number of piperazine rings is 1. The number of aromatic nitrogens is 1. The van der Waals surface area contributed by atoms with E-state index in [2.05, 4.69) is 21.8 Å². The molecule has 0 bridgehead atoms. The first-order valence-electron chi connectivity index (χ1n) is 9.40. The largest absolute Gasteiger partial charge is 0.490 e. The van der Waals surface area contributed by atoms with Crippen molar-refractivity contribution in [1.29, 1.82) is 0 Å². The monoisotopic (exact) mass is 341 g/mol. The highest BCUT2D eigenvalue weighted by atomic mass is 16.5. The number of hydrogen-bond acceptors (Lipinski definition) is 4. The molecule has 5 nitrogen and oxygen atoms in total. The lowest BCUT2D eigenvalue weighted by atomic mass is 9.91. The molecule has 1 saturated heterocycles. The molecule has 0 amide bonds. The van der Waals surface area contributed by atoms with Crippen LogP contribution in [0.3, 0.4) is 0 Å². The summed E-state index contributed by atoms with van der Waals surface area (Å²) in [5.74, 6) is 0.876. The number of nitrogens with one attached hydrogen (secondary N) is 1. The number of rotatable bonds is 3. The minimum absolute atomic E-state index is 0.0447. The molecule has 4 rings (SSSR count). The Labute approximate surface area is 148 Å². The van der Waals surface area contributed by atoms with E-state index in [-0.39, 0.29) is 5.56 Å². The van der Waals surface area contributed by atoms with Crippen LogP contribution in [-0.2, 0) is 0 Å². The molecule has 0 spiro atoms. The van der Waals surface area contributed by atoms with E-state index in [4.69, 9.17) is 4.74 Å². The molecule has 1 aliphatic heterocycles. The summed E-state index contributed by atoms with van der Waals surface area (Å²) in [6.45, 7) is 4.77. The van der Waals surface area contributed by atoms with E-state index in [0.29, 0.717) is 11.5 Å². The Morgan fingerprint density at radius 3 is 2.56 bits per heavy atom. The van der Waals surface area contributed by atoms with Crippen LogP contribution in [0.25, 0.3) is 10.8 Å². The Morgan fingerprint density at radius 1 is 1.04 bits per heavy atom. The SMILES string of the molecule is CN1CCN(C2CCC(Oc3ccc4c(=O)[nH]ccc4c3)CC2)CC1. The lowest BCUT2D eigenvalue weighted by Gasteiger charge is -2.41. The molecule has 5 heteroatoms. The van der Waals surface area contributed by atoms with Gasteiger partial charge in [0, 0.05) is 43.8 Å². The molecular formula is C20H27N3O2. The number of hydrogen-bond donors (Lipinski definition) is 1. The van der Waals surface area contributed by atoms with E-state index < -0.39 is 0 Å². The van der Waals surface area contributed by atoms with Crippen molar-refractivity contribution in [2.75, 3.05) is 33.2 Å². The maximum Gasteiger partial charge on any atom is 0.255 e. The summed E-state index contributed by atoms with van der Waals surface area (Å²) in [7, 11) is 2.21. The Hall–Kier alpha value is -1.85. The summed E-state index contributed by atoms with van der Waals surface area (Å²) in [4.78, 5) is 19.6. The quantitative estimate of drug-likeness (QED) is 0.932. The number of pyridine rings is 1. The third kappa shape index (κ3) is 3.72. The average molecular weight is 341 g/mol. The van der Waals surface area contributed by atoms with Gasteiger partial charge in [-0.15, -0.1) is 0 Å². The Morgan fingerprint density at radius 2 is 1.80 bits per heavy atom. The van der Waals surface area contributed by atoms with Gasteiger partial charge in [-0.1, -0.05) is 0 Å². The predicted molar refractivity (Wildman–Crippen MR) is 100 cm³/mol. The molecule has 2 fully saturated rings. The second kappa shape index (κ2) is 7.18. The van der Waals surface area contributed by atoms with Crippen molar-refractivity contribution in [3.8, 4) is 5.75 Å². The third-order valence-electron chi connectivity index (χ3n) is 5.75. The summed E-state index contributed by atoms with van der Waals surface area (Å²) in [5.41, 5.74) is -0.0447. The zero-order valence-electron chi connectivity index (χ0n) is 14.9. The summed E-state index contributed by atoms with van der Waals surface area (Å²) in [5, 5.41) is 1.65. The Bertz CT molecular complexity index is 772. The molecule has 1 saturated carbocycles. The van der Waals surface area contributed by atoms with Crippen LogP contribution in [0.1, 0.15) is 25.7 Å². The molecule has 2 aromatic rings. The standard InChI is InChI=1S/C20H27N3O2/c1-22-10-12-23(13-11-22)16-2-4-17(5-3-16)25-18-6-7-19-15(14-18)8-9-21-20(19)24/h6-9,14,16-17H,2-5,10-13H2,1H3,(H,21,24). The highest BCUT2D eigenvalue weighted by Crippen LogP contribution is 2.28. The van der Waals surface area contributed by atoms with Gasteiger partial charge in [-0.05, 0) is 62.4 Å². The van der Waals surface area contributed by atoms with Gasteiger partial charge in [-0.25, -0.2) is 0 Å². The van der Waals surface area contributed by atoms with Gasteiger partial charge in [0.1, 0.15) is 5.75 Å². The smallest absolute Gasteiger partial charge is 0.255 e. The van der Waals surface area contributed by atoms with Crippen LogP contribution >= 0.6 is 0 Å². The van der Waals surface area contributed by atoms with E-state index in [1.165, 1.54) is 39.0 Å². The Balaban J connectivity index is 1.35. The number of nitrogens with zero attached hydrogens (tertiary/aromatic N) is 2. The molecule has 25 heavy (non-hydrogen) atoms. The third-order valence-corrected chi connectivity index (χ3v) is 5.75. The van der Waals surface area contributed by atoms with Crippen LogP contribution in [0, 0.1) is 0 Å². The topological polar surface area (TPSA) is 48.6 Å². The second-order valence-corrected chi connectivity index (χ2v) is 7.44. The van der Waals surface area contributed by atoms with Gasteiger partial charge in [0.2, 0.25) is 0 Å². The first-order valence-corrected chi connectivity index (χ1v) is 9.40. The van der Waals surface area contributed by atoms with Crippen molar-refractivity contribution in [3.63, 3.8) is 0 Å². The van der Waals surface area contributed by atoms with Gasteiger partial charge in [0.25, 0.3) is 5.56 Å². The number of likely N-dealkylation sites (N-methyl/N-ethyl adjacent to an activating group) is 1. The molecule has 0 atom stereocenters. The first-order chi connectivity index (χ1) is 12.2. The van der Waals surface area contributed by atoms with E-state index >= 15 is 0 Å². The normalized spacial score (nSPS) is 26.0. The summed E-state index contributed by atoms with van der Waals surface area (Å²) < 4.78 is 6.22. The number of aromatic amines is 1. The van der Waals surface area contributed by atoms with Crippen LogP contribution in [0.5, 0.6) is 5.75 Å². The fourth-order valence-corrected chi connectivity index (χ4v) is 4.15. The number of benzene rings is 1. The van der Waals surface area contributed by atoms with E-state index in [0.717, 1.165) is 30.0 Å². The molecule has 0 unspecified atom stereocenters.